The number of anilines is 1. The average molecular weight is 483 g/mol. The number of amides is 1. The summed E-state index contributed by atoms with van der Waals surface area (Å²) in [6.07, 6.45) is 3.83. The Balaban J connectivity index is 1.60. The normalized spacial score (nSPS) is 15.4. The second kappa shape index (κ2) is 10.1. The maximum Gasteiger partial charge on any atom is 0.276 e. The van der Waals surface area contributed by atoms with Gasteiger partial charge in [-0.2, -0.15) is 9.40 Å². The summed E-state index contributed by atoms with van der Waals surface area (Å²) in [6.45, 7) is 5.42. The highest BCUT2D eigenvalue weighted by atomic mass is 32.2. The number of rotatable bonds is 6. The van der Waals surface area contributed by atoms with Crippen molar-refractivity contribution in [1.82, 2.24) is 14.1 Å². The first-order valence-electron chi connectivity index (χ1n) is 11.7. The maximum atomic E-state index is 13.1. The van der Waals surface area contributed by atoms with Crippen molar-refractivity contribution in [3.05, 3.63) is 64.6 Å². The average Bonchev–Trinajstić information content (AvgIpc) is 3.11. The van der Waals surface area contributed by atoms with Crippen LogP contribution in [0.2, 0.25) is 0 Å². The summed E-state index contributed by atoms with van der Waals surface area (Å²) < 4.78 is 28.9. The van der Waals surface area contributed by atoms with Crippen LogP contribution in [0.3, 0.4) is 0 Å². The highest BCUT2D eigenvalue weighted by Gasteiger charge is 2.25. The fourth-order valence-corrected chi connectivity index (χ4v) is 5.72. The summed E-state index contributed by atoms with van der Waals surface area (Å²) in [6, 6.07) is 13.1. The number of sulfonamides is 1. The Morgan fingerprint density at radius 2 is 1.59 bits per heavy atom. The Morgan fingerprint density at radius 3 is 2.21 bits per heavy atom. The summed E-state index contributed by atoms with van der Waals surface area (Å²) in [5.41, 5.74) is 0.369. The van der Waals surface area contributed by atoms with Gasteiger partial charge >= 0.3 is 0 Å². The van der Waals surface area contributed by atoms with E-state index in [4.69, 9.17) is 0 Å². The van der Waals surface area contributed by atoms with Gasteiger partial charge in [0.2, 0.25) is 10.0 Å². The number of nitrogens with one attached hydrogen (secondary N) is 1. The zero-order valence-electron chi connectivity index (χ0n) is 19.5. The molecule has 0 aliphatic carbocycles. The van der Waals surface area contributed by atoms with Gasteiger partial charge < -0.3 is 5.32 Å². The van der Waals surface area contributed by atoms with Gasteiger partial charge in [-0.05, 0) is 49.1 Å². The zero-order chi connectivity index (χ0) is 24.3. The topological polar surface area (TPSA) is 101 Å². The van der Waals surface area contributed by atoms with Crippen molar-refractivity contribution in [2.75, 3.05) is 18.4 Å². The lowest BCUT2D eigenvalue weighted by Crippen LogP contribution is -2.31. The molecule has 0 radical (unpaired) electrons. The van der Waals surface area contributed by atoms with Crippen molar-refractivity contribution in [3.63, 3.8) is 0 Å². The molecule has 1 amide bonds. The van der Waals surface area contributed by atoms with Crippen molar-refractivity contribution in [1.29, 1.82) is 0 Å². The molecule has 0 bridgehead atoms. The number of aromatic nitrogens is 2. The van der Waals surface area contributed by atoms with Gasteiger partial charge in [-0.15, -0.1) is 0 Å². The van der Waals surface area contributed by atoms with E-state index in [-0.39, 0.29) is 22.1 Å². The number of benzene rings is 2. The largest absolute Gasteiger partial charge is 0.321 e. The van der Waals surface area contributed by atoms with Gasteiger partial charge in [-0.1, -0.05) is 44.9 Å². The Morgan fingerprint density at radius 1 is 0.971 bits per heavy atom. The minimum Gasteiger partial charge on any atom is -0.321 e. The molecule has 2 aromatic carbocycles. The summed E-state index contributed by atoms with van der Waals surface area (Å²) in [4.78, 5) is 26.1. The van der Waals surface area contributed by atoms with Crippen LogP contribution in [0.5, 0.6) is 0 Å². The third-order valence-electron chi connectivity index (χ3n) is 5.94. The Labute approximate surface area is 199 Å². The quantitative estimate of drug-likeness (QED) is 0.575. The SMILES string of the molecule is CC(C)Cn1nc(C(=O)Nc2ccc(S(=O)(=O)N3CCCCCC3)cc2)c2ccccc2c1=O. The highest BCUT2D eigenvalue weighted by molar-refractivity contribution is 7.89. The van der Waals surface area contributed by atoms with Gasteiger partial charge in [0.25, 0.3) is 11.5 Å². The Kier molecular flexibility index (Phi) is 7.13. The van der Waals surface area contributed by atoms with E-state index in [0.717, 1.165) is 25.7 Å². The lowest BCUT2D eigenvalue weighted by Gasteiger charge is -2.20. The first-order chi connectivity index (χ1) is 16.3. The van der Waals surface area contributed by atoms with E-state index in [1.54, 1.807) is 40.7 Å². The molecule has 180 valence electrons. The van der Waals surface area contributed by atoms with Crippen LogP contribution in [0.1, 0.15) is 50.0 Å². The third-order valence-corrected chi connectivity index (χ3v) is 7.85. The fraction of sp³-hybridized carbons (Fsp3) is 0.400. The zero-order valence-corrected chi connectivity index (χ0v) is 20.3. The maximum absolute atomic E-state index is 13.1. The first-order valence-corrected chi connectivity index (χ1v) is 13.1. The summed E-state index contributed by atoms with van der Waals surface area (Å²) in [5, 5.41) is 8.06. The monoisotopic (exact) mass is 482 g/mol. The second-order valence-electron chi connectivity index (χ2n) is 9.07. The molecule has 0 atom stereocenters. The van der Waals surface area contributed by atoms with Gasteiger partial charge in [0.15, 0.2) is 5.69 Å². The highest BCUT2D eigenvalue weighted by Crippen LogP contribution is 2.22. The van der Waals surface area contributed by atoms with E-state index in [1.165, 1.54) is 16.8 Å². The Bertz CT molecular complexity index is 1340. The molecular weight excluding hydrogens is 452 g/mol. The van der Waals surface area contributed by atoms with E-state index in [2.05, 4.69) is 10.4 Å². The van der Waals surface area contributed by atoms with Gasteiger partial charge in [-0.25, -0.2) is 13.1 Å². The van der Waals surface area contributed by atoms with Crippen LogP contribution >= 0.6 is 0 Å². The van der Waals surface area contributed by atoms with E-state index in [9.17, 15) is 18.0 Å². The molecule has 8 nitrogen and oxygen atoms in total. The van der Waals surface area contributed by atoms with Crippen LogP contribution in [0, 0.1) is 5.92 Å². The molecule has 1 aliphatic heterocycles. The molecular formula is C25H30N4O4S. The number of carbonyl (C=O) groups excluding carboxylic acids is 1. The molecule has 1 fully saturated rings. The predicted octanol–water partition coefficient (Wildman–Crippen LogP) is 3.87. The predicted molar refractivity (Wildman–Crippen MR) is 132 cm³/mol. The third kappa shape index (κ3) is 5.05. The molecule has 1 N–H and O–H groups in total. The Hall–Kier alpha value is -3.04. The molecule has 4 rings (SSSR count). The van der Waals surface area contributed by atoms with Gasteiger partial charge in [-0.3, -0.25) is 9.59 Å². The molecule has 1 aromatic heterocycles. The molecule has 0 saturated carbocycles. The fourth-order valence-electron chi connectivity index (χ4n) is 4.20. The first kappa shape index (κ1) is 24.1. The van der Waals surface area contributed by atoms with Crippen LogP contribution in [-0.2, 0) is 16.6 Å². The molecule has 34 heavy (non-hydrogen) atoms. The van der Waals surface area contributed by atoms with E-state index >= 15 is 0 Å². The summed E-state index contributed by atoms with van der Waals surface area (Å²) in [7, 11) is -3.56. The number of nitrogens with zero attached hydrogens (tertiary/aromatic N) is 3. The molecule has 2 heterocycles. The van der Waals surface area contributed by atoms with Crippen LogP contribution in [0.15, 0.2) is 58.2 Å². The van der Waals surface area contributed by atoms with Crippen molar-refractivity contribution in [3.8, 4) is 0 Å². The van der Waals surface area contributed by atoms with Crippen LogP contribution in [0.4, 0.5) is 5.69 Å². The molecule has 1 saturated heterocycles. The molecule has 3 aromatic rings. The number of carbonyl (C=O) groups is 1. The standard InChI is InChI=1S/C25H30N4O4S/c1-18(2)17-29-25(31)22-10-6-5-9-21(22)23(27-29)24(30)26-19-11-13-20(14-12-19)34(32,33)28-15-7-3-4-8-16-28/h5-6,9-14,18H,3-4,7-8,15-17H2,1-2H3,(H,26,30). The van der Waals surface area contributed by atoms with Crippen molar-refractivity contribution in [2.45, 2.75) is 51.0 Å². The van der Waals surface area contributed by atoms with E-state index < -0.39 is 15.9 Å². The smallest absolute Gasteiger partial charge is 0.276 e. The van der Waals surface area contributed by atoms with E-state index in [0.29, 0.717) is 36.1 Å². The minimum absolute atomic E-state index is 0.150. The number of fused-ring (bicyclic) bond motifs is 1. The van der Waals surface area contributed by atoms with Gasteiger partial charge in [0.05, 0.1) is 10.3 Å². The molecule has 1 aliphatic rings. The van der Waals surface area contributed by atoms with Crippen molar-refractivity contribution < 1.29 is 13.2 Å². The van der Waals surface area contributed by atoms with Crippen molar-refractivity contribution in [2.24, 2.45) is 5.92 Å². The number of hydrogen-bond acceptors (Lipinski definition) is 5. The lowest BCUT2D eigenvalue weighted by atomic mass is 10.1. The van der Waals surface area contributed by atoms with Crippen LogP contribution in [0.25, 0.3) is 10.8 Å². The molecule has 0 unspecified atom stereocenters. The minimum atomic E-state index is -3.56. The lowest BCUT2D eigenvalue weighted by molar-refractivity contribution is 0.102. The number of hydrogen-bond donors (Lipinski definition) is 1. The van der Waals surface area contributed by atoms with Gasteiger partial charge in [0.1, 0.15) is 0 Å². The van der Waals surface area contributed by atoms with Crippen molar-refractivity contribution >= 4 is 32.4 Å². The summed E-state index contributed by atoms with van der Waals surface area (Å²) >= 11 is 0. The molecule has 9 heteroatoms. The van der Waals surface area contributed by atoms with Crippen LogP contribution < -0.4 is 10.9 Å². The summed E-state index contributed by atoms with van der Waals surface area (Å²) in [5.74, 6) is -0.280. The van der Waals surface area contributed by atoms with Crippen LogP contribution in [-0.4, -0.2) is 41.5 Å². The molecule has 0 spiro atoms. The second-order valence-corrected chi connectivity index (χ2v) is 11.0. The van der Waals surface area contributed by atoms with Gasteiger partial charge in [0, 0.05) is 30.7 Å². The van der Waals surface area contributed by atoms with E-state index in [1.807, 2.05) is 13.8 Å².